The number of hydrogen-bond donors (Lipinski definition) is 0. The van der Waals surface area contributed by atoms with Crippen molar-refractivity contribution < 1.29 is 23.9 Å². The first-order valence-electron chi connectivity index (χ1n) is 12.9. The molecule has 41 heavy (non-hydrogen) atoms. The van der Waals surface area contributed by atoms with E-state index in [1.54, 1.807) is 72.8 Å². The van der Waals surface area contributed by atoms with Crippen molar-refractivity contribution in [2.75, 3.05) is 16.9 Å². The van der Waals surface area contributed by atoms with Crippen LogP contribution < -0.4 is 19.3 Å². The predicted octanol–water partition coefficient (Wildman–Crippen LogP) is 7.13. The Morgan fingerprint density at radius 1 is 0.756 bits per heavy atom. The number of para-hydroxylation sites is 2. The lowest BCUT2D eigenvalue weighted by molar-refractivity contribution is -0.121. The Balaban J connectivity index is 1.53. The van der Waals surface area contributed by atoms with Crippen LogP contribution in [-0.2, 0) is 16.2 Å². The van der Waals surface area contributed by atoms with E-state index >= 15 is 0 Å². The van der Waals surface area contributed by atoms with Crippen molar-refractivity contribution in [2.45, 2.75) is 20.5 Å². The van der Waals surface area contributed by atoms with Gasteiger partial charge in [-0.3, -0.25) is 9.59 Å². The summed E-state index contributed by atoms with van der Waals surface area (Å²) in [4.78, 5) is 42.8. The van der Waals surface area contributed by atoms with Crippen molar-refractivity contribution >= 4 is 46.9 Å². The number of rotatable bonds is 7. The number of ether oxygens (including phenoxy) is 2. The largest absolute Gasteiger partial charge is 0.493 e. The van der Waals surface area contributed by atoms with Crippen molar-refractivity contribution in [1.82, 2.24) is 0 Å². The first-order chi connectivity index (χ1) is 19.8. The average Bonchev–Trinajstić information content (AvgIpc) is 2.95. The van der Waals surface area contributed by atoms with E-state index < -0.39 is 17.8 Å². The summed E-state index contributed by atoms with van der Waals surface area (Å²) in [6, 6.07) is 25.5. The third-order valence-electron chi connectivity index (χ3n) is 6.51. The summed E-state index contributed by atoms with van der Waals surface area (Å²) < 4.78 is 11.6. The van der Waals surface area contributed by atoms with E-state index in [-0.39, 0.29) is 17.2 Å². The van der Waals surface area contributed by atoms with Crippen LogP contribution in [0.1, 0.15) is 22.3 Å². The smallest absolute Gasteiger partial charge is 0.343 e. The molecule has 5 rings (SSSR count). The van der Waals surface area contributed by atoms with Gasteiger partial charge in [0.1, 0.15) is 12.2 Å². The van der Waals surface area contributed by atoms with E-state index in [4.69, 9.17) is 21.1 Å². The standard InChI is InChI=1S/C33H27ClN2O5/c1-21-14-22(2)16-24(15-21)20-41-30-28(34)18-23(19-29(30)40-3)17-27-31(37)35(25-10-6-4-7-11-25)33(39)36(32(27)38)26-12-8-5-9-13-26/h4-19H,20H2,1-3H3. The quantitative estimate of drug-likeness (QED) is 0.176. The second-order valence-electron chi connectivity index (χ2n) is 9.61. The molecule has 0 aliphatic carbocycles. The maximum atomic E-state index is 13.6. The number of halogens is 1. The molecule has 206 valence electrons. The summed E-state index contributed by atoms with van der Waals surface area (Å²) >= 11 is 6.63. The van der Waals surface area contributed by atoms with Gasteiger partial charge in [0.2, 0.25) is 0 Å². The lowest BCUT2D eigenvalue weighted by atomic mass is 10.0. The molecular weight excluding hydrogens is 540 g/mol. The summed E-state index contributed by atoms with van der Waals surface area (Å²) in [6.07, 6.45) is 1.41. The molecule has 4 aromatic carbocycles. The zero-order valence-corrected chi connectivity index (χ0v) is 23.5. The summed E-state index contributed by atoms with van der Waals surface area (Å²) in [7, 11) is 1.48. The summed E-state index contributed by atoms with van der Waals surface area (Å²) in [6.45, 7) is 4.31. The highest BCUT2D eigenvalue weighted by Gasteiger charge is 2.43. The van der Waals surface area contributed by atoms with Crippen LogP contribution in [0.2, 0.25) is 5.02 Å². The first kappa shape index (κ1) is 27.7. The highest BCUT2D eigenvalue weighted by Crippen LogP contribution is 2.38. The molecule has 0 unspecified atom stereocenters. The summed E-state index contributed by atoms with van der Waals surface area (Å²) in [5.74, 6) is -0.823. The van der Waals surface area contributed by atoms with Crippen LogP contribution in [0.5, 0.6) is 11.5 Å². The van der Waals surface area contributed by atoms with Gasteiger partial charge in [0.05, 0.1) is 23.5 Å². The zero-order chi connectivity index (χ0) is 29.1. The molecule has 4 amide bonds. The minimum Gasteiger partial charge on any atom is -0.493 e. The highest BCUT2D eigenvalue weighted by molar-refractivity contribution is 6.46. The number of carbonyl (C=O) groups is 3. The van der Waals surface area contributed by atoms with Crippen molar-refractivity contribution in [3.8, 4) is 11.5 Å². The molecule has 0 spiro atoms. The maximum Gasteiger partial charge on any atom is 0.343 e. The molecule has 0 saturated carbocycles. The number of nitrogens with zero attached hydrogens (tertiary/aromatic N) is 2. The Morgan fingerprint density at radius 2 is 1.29 bits per heavy atom. The summed E-state index contributed by atoms with van der Waals surface area (Å²) in [5.41, 5.74) is 4.13. The number of urea groups is 1. The molecule has 1 aliphatic heterocycles. The molecule has 0 bridgehead atoms. The van der Waals surface area contributed by atoms with Gasteiger partial charge in [-0.2, -0.15) is 0 Å². The fraction of sp³-hybridized carbons (Fsp3) is 0.121. The van der Waals surface area contributed by atoms with Crippen LogP contribution in [0.3, 0.4) is 0 Å². The van der Waals surface area contributed by atoms with Gasteiger partial charge in [-0.15, -0.1) is 0 Å². The van der Waals surface area contributed by atoms with Gasteiger partial charge in [0.15, 0.2) is 11.5 Å². The maximum absolute atomic E-state index is 13.6. The van der Waals surface area contributed by atoms with Crippen molar-refractivity contribution in [3.63, 3.8) is 0 Å². The van der Waals surface area contributed by atoms with Crippen LogP contribution in [0.15, 0.2) is 96.6 Å². The van der Waals surface area contributed by atoms with Gasteiger partial charge in [0.25, 0.3) is 11.8 Å². The van der Waals surface area contributed by atoms with Crippen LogP contribution in [0.25, 0.3) is 6.08 Å². The second kappa shape index (κ2) is 11.7. The van der Waals surface area contributed by atoms with Crippen LogP contribution in [0, 0.1) is 13.8 Å². The molecule has 1 fully saturated rings. The highest BCUT2D eigenvalue weighted by atomic mass is 35.5. The van der Waals surface area contributed by atoms with E-state index in [0.717, 1.165) is 26.5 Å². The molecule has 0 radical (unpaired) electrons. The van der Waals surface area contributed by atoms with E-state index in [1.165, 1.54) is 13.2 Å². The molecular formula is C33H27ClN2O5. The number of imide groups is 2. The Hall–Kier alpha value is -4.88. The van der Waals surface area contributed by atoms with E-state index in [9.17, 15) is 14.4 Å². The normalized spacial score (nSPS) is 13.5. The van der Waals surface area contributed by atoms with Crippen molar-refractivity contribution in [1.29, 1.82) is 0 Å². The number of aryl methyl sites for hydroxylation is 2. The number of anilines is 2. The Labute approximate surface area is 243 Å². The van der Waals surface area contributed by atoms with Gasteiger partial charge in [-0.1, -0.05) is 77.3 Å². The Morgan fingerprint density at radius 3 is 1.80 bits per heavy atom. The molecule has 1 heterocycles. The predicted molar refractivity (Wildman–Crippen MR) is 159 cm³/mol. The van der Waals surface area contributed by atoms with Gasteiger partial charge in [0, 0.05) is 0 Å². The van der Waals surface area contributed by atoms with Gasteiger partial charge in [-0.25, -0.2) is 14.6 Å². The minimum atomic E-state index is -0.764. The third kappa shape index (κ3) is 5.71. The number of benzene rings is 4. The number of carbonyl (C=O) groups excluding carboxylic acids is 3. The van der Waals surface area contributed by atoms with Crippen molar-refractivity contribution in [3.05, 3.63) is 124 Å². The van der Waals surface area contributed by atoms with Crippen molar-refractivity contribution in [2.24, 2.45) is 0 Å². The molecule has 0 atom stereocenters. The average molecular weight is 567 g/mol. The minimum absolute atomic E-state index is 0.209. The van der Waals surface area contributed by atoms with E-state index in [0.29, 0.717) is 28.4 Å². The molecule has 8 heteroatoms. The van der Waals surface area contributed by atoms with Gasteiger partial charge < -0.3 is 9.47 Å². The van der Waals surface area contributed by atoms with E-state index in [2.05, 4.69) is 6.07 Å². The van der Waals surface area contributed by atoms with E-state index in [1.807, 2.05) is 26.0 Å². The molecule has 1 saturated heterocycles. The molecule has 1 aliphatic rings. The number of hydrogen-bond acceptors (Lipinski definition) is 5. The lowest BCUT2D eigenvalue weighted by Crippen LogP contribution is -2.57. The molecule has 4 aromatic rings. The number of barbiturate groups is 1. The monoisotopic (exact) mass is 566 g/mol. The Kier molecular flexibility index (Phi) is 7.90. The fourth-order valence-electron chi connectivity index (χ4n) is 4.78. The first-order valence-corrected chi connectivity index (χ1v) is 13.3. The van der Waals surface area contributed by atoms with Crippen LogP contribution >= 0.6 is 11.6 Å². The van der Waals surface area contributed by atoms with Gasteiger partial charge in [-0.05, 0) is 67.4 Å². The molecule has 7 nitrogen and oxygen atoms in total. The topological polar surface area (TPSA) is 76.2 Å². The molecule has 0 aromatic heterocycles. The SMILES string of the molecule is COc1cc(C=C2C(=O)N(c3ccccc3)C(=O)N(c3ccccc3)C2=O)cc(Cl)c1OCc1cc(C)cc(C)c1. The number of amides is 4. The lowest BCUT2D eigenvalue weighted by Gasteiger charge is -2.34. The summed E-state index contributed by atoms with van der Waals surface area (Å²) in [5, 5.41) is 0.243. The second-order valence-corrected chi connectivity index (χ2v) is 10.0. The number of methoxy groups -OCH3 is 1. The molecule has 0 N–H and O–H groups in total. The Bertz CT molecular complexity index is 1580. The third-order valence-corrected chi connectivity index (χ3v) is 6.79. The van der Waals surface area contributed by atoms with Gasteiger partial charge >= 0.3 is 6.03 Å². The van der Waals surface area contributed by atoms with Crippen LogP contribution in [-0.4, -0.2) is 25.0 Å². The fourth-order valence-corrected chi connectivity index (χ4v) is 5.05. The zero-order valence-electron chi connectivity index (χ0n) is 22.8. The van der Waals surface area contributed by atoms with Crippen LogP contribution in [0.4, 0.5) is 16.2 Å².